The molecule has 0 saturated heterocycles. The third kappa shape index (κ3) is 6.16. The Balaban J connectivity index is 1.93. The second kappa shape index (κ2) is 10.6. The van der Waals surface area contributed by atoms with Gasteiger partial charge in [0, 0.05) is 29.7 Å². The standard InChI is InChI=1S/C21H25ClN2O4/c1-4-24(14-20(25)23-13-15-5-8-17(22)9-6-15)21(26)11-16-7-10-18(27-2)12-19(16)28-3/h5-10,12H,4,11,13-14H2,1-3H3,(H,23,25). The molecule has 2 aromatic carbocycles. The number of likely N-dealkylation sites (N-methyl/N-ethyl adjacent to an activating group) is 1. The number of carbonyl (C=O) groups excluding carboxylic acids is 2. The third-order valence-electron chi connectivity index (χ3n) is 4.31. The summed E-state index contributed by atoms with van der Waals surface area (Å²) in [6, 6.07) is 12.5. The van der Waals surface area contributed by atoms with Gasteiger partial charge in [-0.3, -0.25) is 9.59 Å². The summed E-state index contributed by atoms with van der Waals surface area (Å²) in [6.45, 7) is 2.66. The lowest BCUT2D eigenvalue weighted by Gasteiger charge is -2.21. The van der Waals surface area contributed by atoms with Crippen LogP contribution < -0.4 is 14.8 Å². The van der Waals surface area contributed by atoms with Crippen molar-refractivity contribution in [1.82, 2.24) is 10.2 Å². The molecule has 0 spiro atoms. The molecule has 2 amide bonds. The Labute approximate surface area is 170 Å². The molecule has 2 rings (SSSR count). The summed E-state index contributed by atoms with van der Waals surface area (Å²) in [4.78, 5) is 26.4. The molecule has 1 N–H and O–H groups in total. The predicted octanol–water partition coefficient (Wildman–Crippen LogP) is 3.06. The molecule has 0 saturated carbocycles. The first-order valence-corrected chi connectivity index (χ1v) is 9.34. The zero-order chi connectivity index (χ0) is 20.5. The van der Waals surface area contributed by atoms with Crippen LogP contribution in [-0.4, -0.2) is 44.0 Å². The van der Waals surface area contributed by atoms with Gasteiger partial charge in [-0.1, -0.05) is 29.8 Å². The molecule has 0 atom stereocenters. The number of nitrogens with one attached hydrogen (secondary N) is 1. The number of nitrogens with zero attached hydrogens (tertiary/aromatic N) is 1. The molecule has 0 radical (unpaired) electrons. The summed E-state index contributed by atoms with van der Waals surface area (Å²) in [5, 5.41) is 3.47. The Morgan fingerprint density at radius 2 is 1.79 bits per heavy atom. The van der Waals surface area contributed by atoms with Crippen molar-refractivity contribution in [2.24, 2.45) is 0 Å². The minimum Gasteiger partial charge on any atom is -0.497 e. The van der Waals surface area contributed by atoms with E-state index in [1.807, 2.05) is 19.1 Å². The Bertz CT molecular complexity index is 809. The Morgan fingerprint density at radius 1 is 1.07 bits per heavy atom. The van der Waals surface area contributed by atoms with Gasteiger partial charge in [0.2, 0.25) is 11.8 Å². The van der Waals surface area contributed by atoms with E-state index in [-0.39, 0.29) is 24.8 Å². The van der Waals surface area contributed by atoms with E-state index in [9.17, 15) is 9.59 Å². The molecule has 2 aromatic rings. The van der Waals surface area contributed by atoms with Gasteiger partial charge in [0.1, 0.15) is 11.5 Å². The molecule has 0 aliphatic carbocycles. The van der Waals surface area contributed by atoms with Crippen molar-refractivity contribution >= 4 is 23.4 Å². The summed E-state index contributed by atoms with van der Waals surface area (Å²) >= 11 is 5.85. The Morgan fingerprint density at radius 3 is 2.39 bits per heavy atom. The molecule has 0 aliphatic heterocycles. The van der Waals surface area contributed by atoms with E-state index in [0.29, 0.717) is 29.6 Å². The first-order chi connectivity index (χ1) is 13.5. The van der Waals surface area contributed by atoms with Crippen molar-refractivity contribution in [2.75, 3.05) is 27.3 Å². The highest BCUT2D eigenvalue weighted by Gasteiger charge is 2.18. The van der Waals surface area contributed by atoms with Crippen LogP contribution >= 0.6 is 11.6 Å². The van der Waals surface area contributed by atoms with Crippen LogP contribution in [0, 0.1) is 0 Å². The summed E-state index contributed by atoms with van der Waals surface area (Å²) < 4.78 is 10.5. The molecule has 28 heavy (non-hydrogen) atoms. The van der Waals surface area contributed by atoms with Crippen LogP contribution in [-0.2, 0) is 22.6 Å². The van der Waals surface area contributed by atoms with E-state index in [1.165, 1.54) is 4.90 Å². The monoisotopic (exact) mass is 404 g/mol. The van der Waals surface area contributed by atoms with Crippen LogP contribution in [0.2, 0.25) is 5.02 Å². The maximum absolute atomic E-state index is 12.7. The van der Waals surface area contributed by atoms with Crippen LogP contribution in [0.25, 0.3) is 0 Å². The van der Waals surface area contributed by atoms with E-state index in [0.717, 1.165) is 11.1 Å². The second-order valence-electron chi connectivity index (χ2n) is 6.17. The average molecular weight is 405 g/mol. The highest BCUT2D eigenvalue weighted by molar-refractivity contribution is 6.30. The number of hydrogen-bond acceptors (Lipinski definition) is 4. The molecule has 0 bridgehead atoms. The molecule has 150 valence electrons. The first kappa shape index (κ1) is 21.6. The molecule has 0 unspecified atom stereocenters. The van der Waals surface area contributed by atoms with Gasteiger partial charge in [-0.15, -0.1) is 0 Å². The quantitative estimate of drug-likeness (QED) is 0.697. The number of carbonyl (C=O) groups is 2. The van der Waals surface area contributed by atoms with E-state index < -0.39 is 0 Å². The Hall–Kier alpha value is -2.73. The minimum absolute atomic E-state index is 0.00138. The molecular formula is C21H25ClN2O4. The van der Waals surface area contributed by atoms with E-state index in [4.69, 9.17) is 21.1 Å². The fourth-order valence-electron chi connectivity index (χ4n) is 2.68. The molecule has 6 nitrogen and oxygen atoms in total. The number of ether oxygens (including phenoxy) is 2. The lowest BCUT2D eigenvalue weighted by Crippen LogP contribution is -2.41. The van der Waals surface area contributed by atoms with Crippen molar-refractivity contribution in [3.8, 4) is 11.5 Å². The van der Waals surface area contributed by atoms with Crippen LogP contribution in [0.4, 0.5) is 0 Å². The molecule has 0 aliphatic rings. The van der Waals surface area contributed by atoms with Crippen molar-refractivity contribution in [2.45, 2.75) is 19.9 Å². The van der Waals surface area contributed by atoms with Gasteiger partial charge in [-0.05, 0) is 30.7 Å². The molecule has 0 fully saturated rings. The number of amides is 2. The highest BCUT2D eigenvalue weighted by Crippen LogP contribution is 2.25. The van der Waals surface area contributed by atoms with Gasteiger partial charge in [0.05, 0.1) is 27.2 Å². The van der Waals surface area contributed by atoms with Crippen molar-refractivity contribution in [1.29, 1.82) is 0 Å². The van der Waals surface area contributed by atoms with Crippen molar-refractivity contribution < 1.29 is 19.1 Å². The van der Waals surface area contributed by atoms with Gasteiger partial charge < -0.3 is 19.7 Å². The maximum Gasteiger partial charge on any atom is 0.239 e. The molecule has 0 heterocycles. The maximum atomic E-state index is 12.7. The predicted molar refractivity (Wildman–Crippen MR) is 109 cm³/mol. The SMILES string of the molecule is CCN(CC(=O)NCc1ccc(Cl)cc1)C(=O)Cc1ccc(OC)cc1OC. The van der Waals surface area contributed by atoms with Crippen LogP contribution in [0.5, 0.6) is 11.5 Å². The Kier molecular flexibility index (Phi) is 8.14. The zero-order valence-corrected chi connectivity index (χ0v) is 17.1. The third-order valence-corrected chi connectivity index (χ3v) is 4.56. The summed E-state index contributed by atoms with van der Waals surface area (Å²) in [5.74, 6) is 0.873. The van der Waals surface area contributed by atoms with Gasteiger partial charge in [-0.2, -0.15) is 0 Å². The molecule has 0 aromatic heterocycles. The van der Waals surface area contributed by atoms with Crippen LogP contribution in [0.1, 0.15) is 18.1 Å². The minimum atomic E-state index is -0.216. The van der Waals surface area contributed by atoms with Gasteiger partial charge in [0.15, 0.2) is 0 Å². The summed E-state index contributed by atoms with van der Waals surface area (Å²) in [7, 11) is 3.12. The first-order valence-electron chi connectivity index (χ1n) is 8.96. The van der Waals surface area contributed by atoms with Crippen molar-refractivity contribution in [3.63, 3.8) is 0 Å². The molecular weight excluding hydrogens is 380 g/mol. The average Bonchev–Trinajstić information content (AvgIpc) is 2.71. The van der Waals surface area contributed by atoms with E-state index >= 15 is 0 Å². The smallest absolute Gasteiger partial charge is 0.239 e. The topological polar surface area (TPSA) is 67.9 Å². The van der Waals surface area contributed by atoms with E-state index in [1.54, 1.807) is 44.6 Å². The number of rotatable bonds is 9. The number of halogens is 1. The van der Waals surface area contributed by atoms with Gasteiger partial charge in [0.25, 0.3) is 0 Å². The van der Waals surface area contributed by atoms with Gasteiger partial charge >= 0.3 is 0 Å². The summed E-state index contributed by atoms with van der Waals surface area (Å²) in [6.07, 6.45) is 0.144. The van der Waals surface area contributed by atoms with Crippen LogP contribution in [0.15, 0.2) is 42.5 Å². The largest absolute Gasteiger partial charge is 0.497 e. The van der Waals surface area contributed by atoms with Crippen molar-refractivity contribution in [3.05, 3.63) is 58.6 Å². The van der Waals surface area contributed by atoms with Gasteiger partial charge in [-0.25, -0.2) is 0 Å². The second-order valence-corrected chi connectivity index (χ2v) is 6.60. The summed E-state index contributed by atoms with van der Waals surface area (Å²) in [5.41, 5.74) is 1.68. The number of hydrogen-bond donors (Lipinski definition) is 1. The highest BCUT2D eigenvalue weighted by atomic mass is 35.5. The number of benzene rings is 2. The van der Waals surface area contributed by atoms with Crippen LogP contribution in [0.3, 0.4) is 0 Å². The zero-order valence-electron chi connectivity index (χ0n) is 16.3. The molecule has 7 heteroatoms. The lowest BCUT2D eigenvalue weighted by molar-refractivity contribution is -0.135. The normalized spacial score (nSPS) is 10.3. The fraction of sp³-hybridized carbons (Fsp3) is 0.333. The lowest BCUT2D eigenvalue weighted by atomic mass is 10.1. The fourth-order valence-corrected chi connectivity index (χ4v) is 2.81. The number of methoxy groups -OCH3 is 2. The van der Waals surface area contributed by atoms with E-state index in [2.05, 4.69) is 5.32 Å².